The van der Waals surface area contributed by atoms with Crippen LogP contribution in [0.25, 0.3) is 10.9 Å². The monoisotopic (exact) mass is 409 g/mol. The molecule has 2 N–H and O–H groups in total. The molecule has 0 spiro atoms. The molecule has 1 unspecified atom stereocenters. The van der Waals surface area contributed by atoms with Gasteiger partial charge >= 0.3 is 0 Å². The quantitative estimate of drug-likeness (QED) is 0.398. The number of hydrogen-bond acceptors (Lipinski definition) is 2. The molecule has 3 nitrogen and oxygen atoms in total. The smallest absolute Gasteiger partial charge is 0.123 e. The fourth-order valence-corrected chi connectivity index (χ4v) is 3.59. The van der Waals surface area contributed by atoms with Crippen LogP contribution in [0.1, 0.15) is 34.1 Å². The van der Waals surface area contributed by atoms with Crippen molar-refractivity contribution in [2.75, 3.05) is 5.32 Å². The van der Waals surface area contributed by atoms with Gasteiger partial charge in [-0.05, 0) is 68.7 Å². The largest absolute Gasteiger partial charge is 0.376 e. The van der Waals surface area contributed by atoms with E-state index in [2.05, 4.69) is 61.4 Å². The number of anilines is 1. The number of nitrogens with zero attached hydrogens (tertiary/aromatic N) is 1. The van der Waals surface area contributed by atoms with Crippen LogP contribution in [-0.4, -0.2) is 9.97 Å². The molecule has 2 aromatic carbocycles. The average Bonchev–Trinajstić information content (AvgIpc) is 2.99. The minimum absolute atomic E-state index is 0. The van der Waals surface area contributed by atoms with Gasteiger partial charge in [-0.3, -0.25) is 4.98 Å². The Balaban J connectivity index is 0.00000240. The lowest BCUT2D eigenvalue weighted by Gasteiger charge is -2.21. The second-order valence-corrected chi connectivity index (χ2v) is 7.39. The van der Waals surface area contributed by atoms with Crippen molar-refractivity contribution in [3.63, 3.8) is 0 Å². The Labute approximate surface area is 176 Å². The molecule has 5 heteroatoms. The van der Waals surface area contributed by atoms with Crippen LogP contribution in [-0.2, 0) is 6.42 Å². The van der Waals surface area contributed by atoms with Crippen molar-refractivity contribution in [2.24, 2.45) is 0 Å². The summed E-state index contributed by atoms with van der Waals surface area (Å²) in [4.78, 5) is 8.22. The molecule has 0 aliphatic heterocycles. The number of aromatic nitrogens is 2. The van der Waals surface area contributed by atoms with Gasteiger partial charge in [-0.15, -0.1) is 12.4 Å². The minimum Gasteiger partial charge on any atom is -0.376 e. The first-order chi connectivity index (χ1) is 13.5. The third-order valence-corrected chi connectivity index (χ3v) is 5.33. The summed E-state index contributed by atoms with van der Waals surface area (Å²) in [6, 6.07) is 17.0. The van der Waals surface area contributed by atoms with E-state index in [0.717, 1.165) is 29.0 Å². The second kappa shape index (κ2) is 8.66. The molecular weight excluding hydrogens is 385 g/mol. The molecule has 2 aromatic heterocycles. The van der Waals surface area contributed by atoms with E-state index in [-0.39, 0.29) is 24.3 Å². The molecule has 0 aliphatic rings. The number of hydrogen-bond donors (Lipinski definition) is 2. The highest BCUT2D eigenvalue weighted by atomic mass is 35.5. The Kier molecular flexibility index (Phi) is 6.23. The fraction of sp³-hybridized carbons (Fsp3) is 0.208. The number of halogens is 2. The van der Waals surface area contributed by atoms with Crippen molar-refractivity contribution in [3.8, 4) is 0 Å². The van der Waals surface area contributed by atoms with Gasteiger partial charge in [0.2, 0.25) is 0 Å². The Morgan fingerprint density at radius 3 is 2.34 bits per heavy atom. The number of aromatic amines is 1. The topological polar surface area (TPSA) is 40.7 Å². The summed E-state index contributed by atoms with van der Waals surface area (Å²) in [6.45, 7) is 6.30. The molecule has 0 amide bonds. The van der Waals surface area contributed by atoms with E-state index >= 15 is 0 Å². The Hall–Kier alpha value is -2.85. The van der Waals surface area contributed by atoms with E-state index in [9.17, 15) is 4.39 Å². The molecule has 1 atom stereocenters. The van der Waals surface area contributed by atoms with Crippen molar-refractivity contribution < 1.29 is 4.39 Å². The van der Waals surface area contributed by atoms with E-state index in [1.165, 1.54) is 34.2 Å². The maximum Gasteiger partial charge on any atom is 0.123 e. The molecule has 4 aromatic rings. The lowest BCUT2D eigenvalue weighted by molar-refractivity contribution is 0.627. The highest BCUT2D eigenvalue weighted by molar-refractivity contribution is 5.86. The van der Waals surface area contributed by atoms with Crippen molar-refractivity contribution in [3.05, 3.63) is 94.7 Å². The van der Waals surface area contributed by atoms with E-state index in [0.29, 0.717) is 0 Å². The summed E-state index contributed by atoms with van der Waals surface area (Å²) in [5, 5.41) is 4.75. The van der Waals surface area contributed by atoms with Crippen molar-refractivity contribution in [1.29, 1.82) is 0 Å². The number of benzene rings is 2. The SMILES string of the molecule is Cc1ccc(CC(Nc2ccc(F)cc2)c2nccc3c(C)c(C)[nH]c23)cc1.Cl. The van der Waals surface area contributed by atoms with E-state index in [1.54, 1.807) is 12.1 Å². The number of aryl methyl sites for hydroxylation is 3. The Morgan fingerprint density at radius 1 is 0.966 bits per heavy atom. The van der Waals surface area contributed by atoms with Gasteiger partial charge in [0.05, 0.1) is 17.3 Å². The Morgan fingerprint density at radius 2 is 1.66 bits per heavy atom. The minimum atomic E-state index is -0.239. The van der Waals surface area contributed by atoms with Crippen LogP contribution in [0.15, 0.2) is 60.8 Å². The maximum absolute atomic E-state index is 13.3. The Bertz CT molecular complexity index is 1050. The third kappa shape index (κ3) is 4.43. The van der Waals surface area contributed by atoms with Crippen LogP contribution < -0.4 is 5.32 Å². The molecule has 0 radical (unpaired) electrons. The maximum atomic E-state index is 13.3. The van der Waals surface area contributed by atoms with Gasteiger partial charge in [0.1, 0.15) is 5.82 Å². The van der Waals surface area contributed by atoms with Crippen LogP contribution >= 0.6 is 12.4 Å². The summed E-state index contributed by atoms with van der Waals surface area (Å²) in [5.74, 6) is -0.239. The molecule has 0 aliphatic carbocycles. The standard InChI is InChI=1S/C24H24FN3.ClH/c1-15-4-6-18(7-5-15)14-22(28-20-10-8-19(25)9-11-20)24-23-21(12-13-26-24)16(2)17(3)27-23;/h4-13,22,27-28H,14H2,1-3H3;1H. The average molecular weight is 410 g/mol. The van der Waals surface area contributed by atoms with Gasteiger partial charge in [-0.2, -0.15) is 0 Å². The molecule has 0 saturated heterocycles. The molecule has 0 bridgehead atoms. The predicted molar refractivity (Wildman–Crippen MR) is 120 cm³/mol. The molecule has 150 valence electrons. The van der Waals surface area contributed by atoms with Gasteiger partial charge in [0, 0.05) is 23.0 Å². The number of rotatable bonds is 5. The van der Waals surface area contributed by atoms with Crippen LogP contribution in [0.2, 0.25) is 0 Å². The zero-order chi connectivity index (χ0) is 19.7. The van der Waals surface area contributed by atoms with Gasteiger partial charge in [-0.1, -0.05) is 29.8 Å². The van der Waals surface area contributed by atoms with Crippen molar-refractivity contribution in [2.45, 2.75) is 33.2 Å². The predicted octanol–water partition coefficient (Wildman–Crippen LogP) is 6.44. The first-order valence-electron chi connectivity index (χ1n) is 9.52. The van der Waals surface area contributed by atoms with Crippen LogP contribution in [0.3, 0.4) is 0 Å². The zero-order valence-electron chi connectivity index (χ0n) is 16.8. The van der Waals surface area contributed by atoms with Gasteiger partial charge in [0.25, 0.3) is 0 Å². The van der Waals surface area contributed by atoms with Crippen molar-refractivity contribution in [1.82, 2.24) is 9.97 Å². The fourth-order valence-electron chi connectivity index (χ4n) is 3.59. The summed E-state index contributed by atoms with van der Waals surface area (Å²) in [6.07, 6.45) is 2.65. The summed E-state index contributed by atoms with van der Waals surface area (Å²) in [7, 11) is 0. The summed E-state index contributed by atoms with van der Waals surface area (Å²) < 4.78 is 13.3. The lowest BCUT2D eigenvalue weighted by Crippen LogP contribution is -2.16. The van der Waals surface area contributed by atoms with Crippen molar-refractivity contribution >= 4 is 29.0 Å². The summed E-state index contributed by atoms with van der Waals surface area (Å²) >= 11 is 0. The highest BCUT2D eigenvalue weighted by Crippen LogP contribution is 2.30. The van der Waals surface area contributed by atoms with Gasteiger partial charge in [0.15, 0.2) is 0 Å². The molecule has 0 saturated carbocycles. The van der Waals surface area contributed by atoms with Crippen LogP contribution in [0, 0.1) is 26.6 Å². The second-order valence-electron chi connectivity index (χ2n) is 7.39. The van der Waals surface area contributed by atoms with Gasteiger partial charge in [-0.25, -0.2) is 4.39 Å². The number of H-pyrrole nitrogens is 1. The molecule has 0 fully saturated rings. The van der Waals surface area contributed by atoms with Gasteiger partial charge < -0.3 is 10.3 Å². The number of pyridine rings is 1. The third-order valence-electron chi connectivity index (χ3n) is 5.33. The van der Waals surface area contributed by atoms with E-state index < -0.39 is 0 Å². The first kappa shape index (κ1) is 20.9. The highest BCUT2D eigenvalue weighted by Gasteiger charge is 2.19. The number of fused-ring (bicyclic) bond motifs is 1. The van der Waals surface area contributed by atoms with E-state index in [1.807, 2.05) is 6.20 Å². The first-order valence-corrected chi connectivity index (χ1v) is 9.52. The molecule has 29 heavy (non-hydrogen) atoms. The lowest BCUT2D eigenvalue weighted by atomic mass is 9.99. The van der Waals surface area contributed by atoms with E-state index in [4.69, 9.17) is 4.98 Å². The normalized spacial score (nSPS) is 11.9. The summed E-state index contributed by atoms with van der Waals surface area (Å²) in [5.41, 5.74) is 7.77. The molecule has 4 rings (SSSR count). The van der Waals surface area contributed by atoms with Crippen LogP contribution in [0.5, 0.6) is 0 Å². The molecular formula is C24H25ClFN3. The molecule has 2 heterocycles. The number of nitrogens with one attached hydrogen (secondary N) is 2. The van der Waals surface area contributed by atoms with Crippen LogP contribution in [0.4, 0.5) is 10.1 Å². The zero-order valence-corrected chi connectivity index (χ0v) is 17.6.